The van der Waals surface area contributed by atoms with Crippen molar-refractivity contribution in [1.29, 1.82) is 0 Å². The van der Waals surface area contributed by atoms with Gasteiger partial charge in [0.1, 0.15) is 0 Å². The van der Waals surface area contributed by atoms with E-state index in [0.717, 1.165) is 12.8 Å². The molecular weight excluding hydrogens is 230 g/mol. The number of nitrogens with one attached hydrogen (secondary N) is 2. The fourth-order valence-electron chi connectivity index (χ4n) is 1.46. The van der Waals surface area contributed by atoms with E-state index in [1.165, 1.54) is 6.20 Å². The van der Waals surface area contributed by atoms with E-state index in [0.29, 0.717) is 0 Å². The van der Waals surface area contributed by atoms with E-state index in [1.54, 1.807) is 6.92 Å². The molecule has 0 aliphatic heterocycles. The molecule has 1 aromatic heterocycles. The van der Waals surface area contributed by atoms with Crippen LogP contribution in [0.2, 0.25) is 0 Å². The van der Waals surface area contributed by atoms with E-state index in [9.17, 15) is 8.42 Å². The quantitative estimate of drug-likeness (QED) is 0.676. The van der Waals surface area contributed by atoms with Gasteiger partial charge in [-0.25, -0.2) is 13.1 Å². The minimum absolute atomic E-state index is 0.0575. The van der Waals surface area contributed by atoms with Gasteiger partial charge in [0.25, 0.3) is 10.0 Å². The number of H-pyrrole nitrogens is 1. The van der Waals surface area contributed by atoms with E-state index in [1.807, 2.05) is 6.92 Å². The molecule has 0 spiro atoms. The SMILES string of the molecule is CCCC(C)NS(=O)(=O)c1[nH]ncc1CO. The number of rotatable bonds is 6. The maximum Gasteiger partial charge on any atom is 0.258 e. The van der Waals surface area contributed by atoms with E-state index in [-0.39, 0.29) is 23.2 Å². The van der Waals surface area contributed by atoms with Crippen LogP contribution in [0.3, 0.4) is 0 Å². The molecular formula is C9H17N3O3S. The van der Waals surface area contributed by atoms with E-state index < -0.39 is 10.0 Å². The number of aromatic amines is 1. The molecule has 0 aliphatic carbocycles. The van der Waals surface area contributed by atoms with Crippen LogP contribution in [0, 0.1) is 0 Å². The lowest BCUT2D eigenvalue weighted by molar-refractivity contribution is 0.278. The highest BCUT2D eigenvalue weighted by Gasteiger charge is 2.22. The van der Waals surface area contributed by atoms with Crippen LogP contribution in [0.4, 0.5) is 0 Å². The third-order valence-corrected chi connectivity index (χ3v) is 3.80. The van der Waals surface area contributed by atoms with Gasteiger partial charge in [-0.1, -0.05) is 13.3 Å². The molecule has 16 heavy (non-hydrogen) atoms. The third kappa shape index (κ3) is 3.03. The summed E-state index contributed by atoms with van der Waals surface area (Å²) in [7, 11) is -3.61. The van der Waals surface area contributed by atoms with Gasteiger partial charge in [-0.15, -0.1) is 0 Å². The molecule has 6 nitrogen and oxygen atoms in total. The van der Waals surface area contributed by atoms with Crippen molar-refractivity contribution in [3.63, 3.8) is 0 Å². The molecule has 0 fully saturated rings. The first-order valence-electron chi connectivity index (χ1n) is 5.16. The zero-order valence-electron chi connectivity index (χ0n) is 9.40. The fourth-order valence-corrected chi connectivity index (χ4v) is 2.86. The van der Waals surface area contributed by atoms with Gasteiger partial charge in [0.05, 0.1) is 12.8 Å². The summed E-state index contributed by atoms with van der Waals surface area (Å²) in [6.07, 6.45) is 2.97. The number of sulfonamides is 1. The first-order chi connectivity index (χ1) is 7.51. The molecule has 0 radical (unpaired) electrons. The van der Waals surface area contributed by atoms with Gasteiger partial charge in [-0.2, -0.15) is 5.10 Å². The summed E-state index contributed by atoms with van der Waals surface area (Å²) in [6.45, 7) is 3.44. The molecule has 1 atom stereocenters. The van der Waals surface area contributed by atoms with Gasteiger partial charge >= 0.3 is 0 Å². The lowest BCUT2D eigenvalue weighted by atomic mass is 10.2. The van der Waals surface area contributed by atoms with Crippen LogP contribution in [-0.4, -0.2) is 29.8 Å². The second-order valence-electron chi connectivity index (χ2n) is 3.69. The summed E-state index contributed by atoms with van der Waals surface area (Å²) in [5.41, 5.74) is 0.274. The number of nitrogens with zero attached hydrogens (tertiary/aromatic N) is 1. The van der Waals surface area contributed by atoms with Crippen LogP contribution in [0.15, 0.2) is 11.2 Å². The average molecular weight is 247 g/mol. The third-order valence-electron chi connectivity index (χ3n) is 2.20. The Kier molecular flexibility index (Phi) is 4.45. The topological polar surface area (TPSA) is 95.1 Å². The zero-order chi connectivity index (χ0) is 12.2. The largest absolute Gasteiger partial charge is 0.392 e. The number of aromatic nitrogens is 2. The standard InChI is InChI=1S/C9H17N3O3S/c1-3-4-7(2)12-16(14,15)9-8(6-13)5-10-11-9/h5,7,12-13H,3-4,6H2,1-2H3,(H,10,11). The highest BCUT2D eigenvalue weighted by molar-refractivity contribution is 7.89. The Bertz CT molecular complexity index is 427. The minimum Gasteiger partial charge on any atom is -0.392 e. The van der Waals surface area contributed by atoms with Crippen molar-refractivity contribution in [1.82, 2.24) is 14.9 Å². The Morgan fingerprint density at radius 2 is 2.31 bits per heavy atom. The van der Waals surface area contributed by atoms with E-state index in [4.69, 9.17) is 5.11 Å². The second kappa shape index (κ2) is 5.42. The highest BCUT2D eigenvalue weighted by atomic mass is 32.2. The van der Waals surface area contributed by atoms with Crippen LogP contribution in [-0.2, 0) is 16.6 Å². The molecule has 1 rings (SSSR count). The first-order valence-corrected chi connectivity index (χ1v) is 6.65. The summed E-state index contributed by atoms with van der Waals surface area (Å²) >= 11 is 0. The molecule has 0 amide bonds. The van der Waals surface area contributed by atoms with Gasteiger partial charge in [-0.3, -0.25) is 5.10 Å². The average Bonchev–Trinajstić information content (AvgIpc) is 2.65. The molecule has 0 aliphatic rings. The lowest BCUT2D eigenvalue weighted by Gasteiger charge is -2.12. The van der Waals surface area contributed by atoms with Crippen LogP contribution in [0.1, 0.15) is 32.3 Å². The molecule has 0 bridgehead atoms. The number of aliphatic hydroxyl groups is 1. The second-order valence-corrected chi connectivity index (χ2v) is 5.34. The van der Waals surface area contributed by atoms with Crippen molar-refractivity contribution in [2.75, 3.05) is 0 Å². The molecule has 0 saturated heterocycles. The molecule has 0 aromatic carbocycles. The Morgan fingerprint density at radius 3 is 2.88 bits per heavy atom. The Labute approximate surface area is 95.1 Å². The molecule has 1 unspecified atom stereocenters. The predicted octanol–water partition coefficient (Wildman–Crippen LogP) is 0.369. The molecule has 1 heterocycles. The Morgan fingerprint density at radius 1 is 1.62 bits per heavy atom. The number of aliphatic hydroxyl groups excluding tert-OH is 1. The first kappa shape index (κ1) is 13.1. The van der Waals surface area contributed by atoms with Crippen LogP contribution in [0.25, 0.3) is 0 Å². The fraction of sp³-hybridized carbons (Fsp3) is 0.667. The molecule has 0 saturated carbocycles. The summed E-state index contributed by atoms with van der Waals surface area (Å²) in [5.74, 6) is 0. The summed E-state index contributed by atoms with van der Waals surface area (Å²) < 4.78 is 26.3. The monoisotopic (exact) mass is 247 g/mol. The minimum atomic E-state index is -3.61. The van der Waals surface area contributed by atoms with Gasteiger partial charge in [0.2, 0.25) is 0 Å². The van der Waals surface area contributed by atoms with Gasteiger partial charge in [0, 0.05) is 11.6 Å². The molecule has 7 heteroatoms. The Hall–Kier alpha value is -0.920. The maximum absolute atomic E-state index is 11.9. The maximum atomic E-state index is 11.9. The Balaban J connectivity index is 2.86. The highest BCUT2D eigenvalue weighted by Crippen LogP contribution is 2.12. The predicted molar refractivity (Wildman–Crippen MR) is 59.2 cm³/mol. The van der Waals surface area contributed by atoms with Gasteiger partial charge in [0.15, 0.2) is 5.03 Å². The summed E-state index contributed by atoms with van der Waals surface area (Å²) in [6, 6.07) is -0.134. The van der Waals surface area contributed by atoms with Crippen LogP contribution >= 0.6 is 0 Å². The van der Waals surface area contributed by atoms with E-state index >= 15 is 0 Å². The van der Waals surface area contributed by atoms with E-state index in [2.05, 4.69) is 14.9 Å². The van der Waals surface area contributed by atoms with Crippen molar-refractivity contribution in [3.05, 3.63) is 11.8 Å². The smallest absolute Gasteiger partial charge is 0.258 e. The number of hydrogen-bond acceptors (Lipinski definition) is 4. The normalized spacial score (nSPS) is 13.9. The van der Waals surface area contributed by atoms with Crippen molar-refractivity contribution in [2.45, 2.75) is 44.4 Å². The summed E-state index contributed by atoms with van der Waals surface area (Å²) in [5, 5.41) is 14.9. The lowest BCUT2D eigenvalue weighted by Crippen LogP contribution is -2.33. The summed E-state index contributed by atoms with van der Waals surface area (Å²) in [4.78, 5) is 0. The van der Waals surface area contributed by atoms with Gasteiger partial charge in [-0.05, 0) is 13.3 Å². The zero-order valence-corrected chi connectivity index (χ0v) is 10.2. The van der Waals surface area contributed by atoms with Gasteiger partial charge < -0.3 is 5.11 Å². The van der Waals surface area contributed by atoms with Crippen molar-refractivity contribution in [3.8, 4) is 0 Å². The van der Waals surface area contributed by atoms with Crippen LogP contribution in [0.5, 0.6) is 0 Å². The van der Waals surface area contributed by atoms with Crippen molar-refractivity contribution < 1.29 is 13.5 Å². The van der Waals surface area contributed by atoms with Crippen molar-refractivity contribution >= 4 is 10.0 Å². The van der Waals surface area contributed by atoms with Crippen LogP contribution < -0.4 is 4.72 Å². The molecule has 3 N–H and O–H groups in total. The molecule has 1 aromatic rings. The number of hydrogen-bond donors (Lipinski definition) is 3. The van der Waals surface area contributed by atoms with Crippen molar-refractivity contribution in [2.24, 2.45) is 0 Å². The molecule has 92 valence electrons.